The molecule has 0 fully saturated rings. The average molecular weight is 198 g/mol. The van der Waals surface area contributed by atoms with Crippen LogP contribution in [0.2, 0.25) is 0 Å². The maximum Gasteiger partial charge on any atom is 0.146 e. The Bertz CT molecular complexity index is 272. The SMILES string of the molecule is CCn1c(C)nnc1CNCCOC. The van der Waals surface area contributed by atoms with E-state index in [-0.39, 0.29) is 0 Å². The van der Waals surface area contributed by atoms with Crippen LogP contribution in [0.4, 0.5) is 0 Å². The van der Waals surface area contributed by atoms with E-state index in [1.165, 1.54) is 0 Å². The van der Waals surface area contributed by atoms with Crippen LogP contribution in [0.25, 0.3) is 0 Å². The number of aryl methyl sites for hydroxylation is 1. The fourth-order valence-electron chi connectivity index (χ4n) is 1.34. The predicted molar refractivity (Wildman–Crippen MR) is 54.0 cm³/mol. The quantitative estimate of drug-likeness (QED) is 0.670. The highest BCUT2D eigenvalue weighted by atomic mass is 16.5. The van der Waals surface area contributed by atoms with E-state index in [0.717, 1.165) is 37.9 Å². The van der Waals surface area contributed by atoms with Gasteiger partial charge >= 0.3 is 0 Å². The van der Waals surface area contributed by atoms with Crippen molar-refractivity contribution < 1.29 is 4.74 Å². The van der Waals surface area contributed by atoms with Crippen LogP contribution >= 0.6 is 0 Å². The van der Waals surface area contributed by atoms with Crippen molar-refractivity contribution in [1.29, 1.82) is 0 Å². The zero-order valence-corrected chi connectivity index (χ0v) is 9.08. The van der Waals surface area contributed by atoms with Crippen molar-refractivity contribution >= 4 is 0 Å². The molecule has 0 aliphatic carbocycles. The van der Waals surface area contributed by atoms with Crippen LogP contribution in [-0.4, -0.2) is 35.0 Å². The Hall–Kier alpha value is -0.940. The Morgan fingerprint density at radius 2 is 2.21 bits per heavy atom. The largest absolute Gasteiger partial charge is 0.383 e. The highest BCUT2D eigenvalue weighted by Gasteiger charge is 2.05. The van der Waals surface area contributed by atoms with Gasteiger partial charge in [0.2, 0.25) is 0 Å². The summed E-state index contributed by atoms with van der Waals surface area (Å²) in [6, 6.07) is 0. The van der Waals surface area contributed by atoms with E-state index < -0.39 is 0 Å². The third-order valence-electron chi connectivity index (χ3n) is 2.09. The van der Waals surface area contributed by atoms with E-state index in [1.54, 1.807) is 7.11 Å². The lowest BCUT2D eigenvalue weighted by Crippen LogP contribution is -2.21. The molecule has 1 rings (SSSR count). The van der Waals surface area contributed by atoms with Crippen LogP contribution in [0.5, 0.6) is 0 Å². The number of nitrogens with one attached hydrogen (secondary N) is 1. The van der Waals surface area contributed by atoms with Crippen LogP contribution in [0, 0.1) is 6.92 Å². The fraction of sp³-hybridized carbons (Fsp3) is 0.778. The predicted octanol–water partition coefficient (Wildman–Crippen LogP) is 0.342. The van der Waals surface area contributed by atoms with Crippen LogP contribution < -0.4 is 5.32 Å². The summed E-state index contributed by atoms with van der Waals surface area (Å²) in [5.74, 6) is 1.96. The van der Waals surface area contributed by atoms with Crippen molar-refractivity contribution in [3.05, 3.63) is 11.6 Å². The monoisotopic (exact) mass is 198 g/mol. The highest BCUT2D eigenvalue weighted by molar-refractivity contribution is 4.93. The van der Waals surface area contributed by atoms with Crippen molar-refractivity contribution in [2.24, 2.45) is 0 Å². The van der Waals surface area contributed by atoms with Crippen molar-refractivity contribution in [3.8, 4) is 0 Å². The van der Waals surface area contributed by atoms with Crippen LogP contribution in [0.15, 0.2) is 0 Å². The van der Waals surface area contributed by atoms with Gasteiger partial charge in [-0.2, -0.15) is 0 Å². The summed E-state index contributed by atoms with van der Waals surface area (Å²) >= 11 is 0. The first kappa shape index (κ1) is 11.1. The lowest BCUT2D eigenvalue weighted by Gasteiger charge is -2.06. The zero-order chi connectivity index (χ0) is 10.4. The van der Waals surface area contributed by atoms with Crippen molar-refractivity contribution in [3.63, 3.8) is 0 Å². The Morgan fingerprint density at radius 3 is 2.86 bits per heavy atom. The molecular formula is C9H18N4O. The molecule has 0 aliphatic heterocycles. The molecule has 0 aromatic carbocycles. The molecule has 1 aromatic rings. The summed E-state index contributed by atoms with van der Waals surface area (Å²) in [5.41, 5.74) is 0. The Labute approximate surface area is 84.5 Å². The minimum atomic E-state index is 0.721. The lowest BCUT2D eigenvalue weighted by atomic mass is 10.5. The second-order valence-electron chi connectivity index (χ2n) is 3.08. The van der Waals surface area contributed by atoms with Gasteiger partial charge in [-0.25, -0.2) is 0 Å². The second kappa shape index (κ2) is 5.72. The highest BCUT2D eigenvalue weighted by Crippen LogP contribution is 1.99. The van der Waals surface area contributed by atoms with Crippen LogP contribution in [0.3, 0.4) is 0 Å². The van der Waals surface area contributed by atoms with Crippen molar-refractivity contribution in [2.75, 3.05) is 20.3 Å². The number of rotatable bonds is 6. The van der Waals surface area contributed by atoms with E-state index in [1.807, 2.05) is 6.92 Å². The summed E-state index contributed by atoms with van der Waals surface area (Å²) in [6.07, 6.45) is 0. The Morgan fingerprint density at radius 1 is 1.43 bits per heavy atom. The molecule has 1 heterocycles. The smallest absolute Gasteiger partial charge is 0.146 e. The third-order valence-corrected chi connectivity index (χ3v) is 2.09. The van der Waals surface area contributed by atoms with E-state index in [2.05, 4.69) is 27.0 Å². The molecule has 5 nitrogen and oxygen atoms in total. The molecule has 0 atom stereocenters. The van der Waals surface area contributed by atoms with Crippen LogP contribution in [-0.2, 0) is 17.8 Å². The molecule has 0 radical (unpaired) electrons. The van der Waals surface area contributed by atoms with Gasteiger partial charge in [-0.15, -0.1) is 10.2 Å². The maximum atomic E-state index is 4.94. The molecule has 0 bridgehead atoms. The molecule has 1 N–H and O–H groups in total. The molecule has 0 saturated heterocycles. The zero-order valence-electron chi connectivity index (χ0n) is 9.08. The first-order chi connectivity index (χ1) is 6.79. The van der Waals surface area contributed by atoms with Crippen molar-refractivity contribution in [1.82, 2.24) is 20.1 Å². The molecule has 0 unspecified atom stereocenters. The number of hydrogen-bond acceptors (Lipinski definition) is 4. The minimum absolute atomic E-state index is 0.721. The molecule has 0 spiro atoms. The molecule has 5 heteroatoms. The van der Waals surface area contributed by atoms with Gasteiger partial charge in [0.05, 0.1) is 13.2 Å². The molecule has 0 saturated carbocycles. The third kappa shape index (κ3) is 2.78. The van der Waals surface area contributed by atoms with Gasteiger partial charge in [0.15, 0.2) is 0 Å². The Kier molecular flexibility index (Phi) is 4.55. The fourth-order valence-corrected chi connectivity index (χ4v) is 1.34. The summed E-state index contributed by atoms with van der Waals surface area (Å²) in [4.78, 5) is 0. The van der Waals surface area contributed by atoms with Gasteiger partial charge in [-0.1, -0.05) is 0 Å². The number of nitrogens with zero attached hydrogens (tertiary/aromatic N) is 3. The summed E-state index contributed by atoms with van der Waals surface area (Å²) < 4.78 is 7.03. The van der Waals surface area contributed by atoms with Crippen LogP contribution in [0.1, 0.15) is 18.6 Å². The molecule has 1 aromatic heterocycles. The first-order valence-electron chi connectivity index (χ1n) is 4.88. The number of methoxy groups -OCH3 is 1. The van der Waals surface area contributed by atoms with Crippen molar-refractivity contribution in [2.45, 2.75) is 26.9 Å². The molecule has 80 valence electrons. The molecule has 0 aliphatic rings. The molecule has 14 heavy (non-hydrogen) atoms. The maximum absolute atomic E-state index is 4.94. The van der Waals surface area contributed by atoms with E-state index in [9.17, 15) is 0 Å². The number of hydrogen-bond donors (Lipinski definition) is 1. The summed E-state index contributed by atoms with van der Waals surface area (Å²) in [7, 11) is 1.69. The van der Waals surface area contributed by atoms with E-state index in [0.29, 0.717) is 0 Å². The van der Waals surface area contributed by atoms with Gasteiger partial charge in [0, 0.05) is 20.2 Å². The van der Waals surface area contributed by atoms with Gasteiger partial charge < -0.3 is 14.6 Å². The Balaban J connectivity index is 2.42. The van der Waals surface area contributed by atoms with E-state index in [4.69, 9.17) is 4.74 Å². The summed E-state index contributed by atoms with van der Waals surface area (Å²) in [5, 5.41) is 11.4. The minimum Gasteiger partial charge on any atom is -0.383 e. The standard InChI is InChI=1S/C9H18N4O/c1-4-13-8(2)11-12-9(13)7-10-5-6-14-3/h10H,4-7H2,1-3H3. The van der Waals surface area contributed by atoms with Gasteiger partial charge in [-0.3, -0.25) is 0 Å². The first-order valence-corrected chi connectivity index (χ1v) is 4.88. The lowest BCUT2D eigenvalue weighted by molar-refractivity contribution is 0.199. The molecular weight excluding hydrogens is 180 g/mol. The van der Waals surface area contributed by atoms with Gasteiger partial charge in [0.25, 0.3) is 0 Å². The topological polar surface area (TPSA) is 52.0 Å². The van der Waals surface area contributed by atoms with Gasteiger partial charge in [-0.05, 0) is 13.8 Å². The second-order valence-corrected chi connectivity index (χ2v) is 3.08. The number of aromatic nitrogens is 3. The average Bonchev–Trinajstić information content (AvgIpc) is 2.54. The van der Waals surface area contributed by atoms with E-state index >= 15 is 0 Å². The van der Waals surface area contributed by atoms with Gasteiger partial charge in [0.1, 0.15) is 11.6 Å². The number of ether oxygens (including phenoxy) is 1. The molecule has 0 amide bonds. The normalized spacial score (nSPS) is 10.8. The summed E-state index contributed by atoms with van der Waals surface area (Å²) in [6.45, 7) is 7.29.